The largest absolute Gasteiger partial charge is 0.303 e. The van der Waals surface area contributed by atoms with Crippen molar-refractivity contribution in [3.05, 3.63) is 12.2 Å². The number of rotatable bonds is 5. The minimum absolute atomic E-state index is 0.525. The van der Waals surface area contributed by atoms with Crippen molar-refractivity contribution in [1.82, 2.24) is 14.8 Å². The second kappa shape index (κ2) is 4.74. The molecule has 4 nitrogen and oxygen atoms in total. The molecular formula is C9H15N3O. The fourth-order valence-electron chi connectivity index (χ4n) is 1.17. The molecule has 1 heterocycles. The van der Waals surface area contributed by atoms with Gasteiger partial charge in [0.25, 0.3) is 0 Å². The molecule has 0 saturated heterocycles. The standard InChI is InChI=1S/C9H15N3O/c1-8(2)6-12-9(4-3-5-13)10-7-11-12/h5,7-8H,3-4,6H2,1-2H3. The Hall–Kier alpha value is -1.19. The molecule has 1 aromatic heterocycles. The Balaban J connectivity index is 2.59. The van der Waals surface area contributed by atoms with Gasteiger partial charge in [-0.25, -0.2) is 9.67 Å². The van der Waals surface area contributed by atoms with Crippen LogP contribution in [-0.4, -0.2) is 21.1 Å². The van der Waals surface area contributed by atoms with Crippen molar-refractivity contribution in [1.29, 1.82) is 0 Å². The maximum Gasteiger partial charge on any atom is 0.138 e. The maximum absolute atomic E-state index is 10.2. The Kier molecular flexibility index (Phi) is 3.61. The summed E-state index contributed by atoms with van der Waals surface area (Å²) in [5.74, 6) is 1.46. The zero-order valence-electron chi connectivity index (χ0n) is 8.10. The summed E-state index contributed by atoms with van der Waals surface area (Å²) in [6.07, 6.45) is 3.67. The highest BCUT2D eigenvalue weighted by Gasteiger charge is 2.04. The number of nitrogens with zero attached hydrogens (tertiary/aromatic N) is 3. The van der Waals surface area contributed by atoms with Crippen LogP contribution in [0.15, 0.2) is 6.33 Å². The second-order valence-corrected chi connectivity index (χ2v) is 3.46. The van der Waals surface area contributed by atoms with E-state index in [9.17, 15) is 4.79 Å². The van der Waals surface area contributed by atoms with Gasteiger partial charge in [0, 0.05) is 19.4 Å². The number of carbonyl (C=O) groups is 1. The molecule has 0 aliphatic heterocycles. The van der Waals surface area contributed by atoms with Crippen LogP contribution in [0.3, 0.4) is 0 Å². The van der Waals surface area contributed by atoms with Gasteiger partial charge in [0.05, 0.1) is 0 Å². The Labute approximate surface area is 78.0 Å². The quantitative estimate of drug-likeness (QED) is 0.638. The Bertz CT molecular complexity index is 268. The highest BCUT2D eigenvalue weighted by molar-refractivity contribution is 5.49. The molecule has 0 spiro atoms. The predicted molar refractivity (Wildman–Crippen MR) is 49.2 cm³/mol. The summed E-state index contributed by atoms with van der Waals surface area (Å²) in [6.45, 7) is 5.13. The van der Waals surface area contributed by atoms with Crippen LogP contribution < -0.4 is 0 Å². The van der Waals surface area contributed by atoms with E-state index in [1.807, 2.05) is 4.68 Å². The number of aldehydes is 1. The molecule has 13 heavy (non-hydrogen) atoms. The van der Waals surface area contributed by atoms with E-state index in [1.165, 1.54) is 0 Å². The molecule has 0 bridgehead atoms. The molecule has 0 aliphatic carbocycles. The van der Waals surface area contributed by atoms with Crippen molar-refractivity contribution in [2.24, 2.45) is 5.92 Å². The molecule has 0 atom stereocenters. The third-order valence-electron chi connectivity index (χ3n) is 1.72. The van der Waals surface area contributed by atoms with Crippen LogP contribution in [-0.2, 0) is 17.8 Å². The second-order valence-electron chi connectivity index (χ2n) is 3.46. The smallest absolute Gasteiger partial charge is 0.138 e. The van der Waals surface area contributed by atoms with E-state index in [2.05, 4.69) is 23.9 Å². The molecule has 0 unspecified atom stereocenters. The number of aryl methyl sites for hydroxylation is 1. The van der Waals surface area contributed by atoms with Gasteiger partial charge in [0.2, 0.25) is 0 Å². The molecule has 1 aromatic rings. The first-order valence-electron chi connectivity index (χ1n) is 4.54. The molecule has 0 aliphatic rings. The molecule has 0 amide bonds. The lowest BCUT2D eigenvalue weighted by molar-refractivity contribution is -0.107. The van der Waals surface area contributed by atoms with E-state index < -0.39 is 0 Å². The van der Waals surface area contributed by atoms with Crippen LogP contribution in [0, 0.1) is 5.92 Å². The first-order valence-corrected chi connectivity index (χ1v) is 4.54. The van der Waals surface area contributed by atoms with E-state index in [0.29, 0.717) is 18.8 Å². The van der Waals surface area contributed by atoms with Gasteiger partial charge >= 0.3 is 0 Å². The molecule has 0 aromatic carbocycles. The first-order chi connectivity index (χ1) is 6.24. The van der Waals surface area contributed by atoms with Crippen molar-refractivity contribution >= 4 is 6.29 Å². The fourth-order valence-corrected chi connectivity index (χ4v) is 1.17. The highest BCUT2D eigenvalue weighted by Crippen LogP contribution is 2.02. The Morgan fingerprint density at radius 2 is 2.38 bits per heavy atom. The van der Waals surface area contributed by atoms with Crippen LogP contribution in [0.1, 0.15) is 26.1 Å². The van der Waals surface area contributed by atoms with E-state index in [0.717, 1.165) is 18.7 Å². The normalized spacial score (nSPS) is 10.7. The van der Waals surface area contributed by atoms with Gasteiger partial charge in [-0.15, -0.1) is 0 Å². The lowest BCUT2D eigenvalue weighted by Gasteiger charge is -2.06. The molecule has 0 fully saturated rings. The summed E-state index contributed by atoms with van der Waals surface area (Å²) >= 11 is 0. The zero-order valence-corrected chi connectivity index (χ0v) is 8.10. The van der Waals surface area contributed by atoms with Gasteiger partial charge in [0.15, 0.2) is 0 Å². The van der Waals surface area contributed by atoms with Crippen molar-refractivity contribution < 1.29 is 4.79 Å². The predicted octanol–water partition coefficient (Wildman–Crippen LogP) is 1.07. The van der Waals surface area contributed by atoms with Gasteiger partial charge in [-0.2, -0.15) is 5.10 Å². The average Bonchev–Trinajstić information content (AvgIpc) is 2.48. The first kappa shape index (κ1) is 9.89. The highest BCUT2D eigenvalue weighted by atomic mass is 16.1. The summed E-state index contributed by atoms with van der Waals surface area (Å²) in [5, 5.41) is 4.10. The Morgan fingerprint density at radius 3 is 3.00 bits per heavy atom. The van der Waals surface area contributed by atoms with Gasteiger partial charge in [-0.1, -0.05) is 13.8 Å². The van der Waals surface area contributed by atoms with Crippen molar-refractivity contribution in [2.45, 2.75) is 33.2 Å². The Morgan fingerprint density at radius 1 is 1.62 bits per heavy atom. The average molecular weight is 181 g/mol. The maximum atomic E-state index is 10.2. The van der Waals surface area contributed by atoms with Crippen molar-refractivity contribution in [2.75, 3.05) is 0 Å². The fraction of sp³-hybridized carbons (Fsp3) is 0.667. The topological polar surface area (TPSA) is 47.8 Å². The molecule has 0 N–H and O–H groups in total. The van der Waals surface area contributed by atoms with Crippen molar-refractivity contribution in [3.8, 4) is 0 Å². The SMILES string of the molecule is CC(C)Cn1ncnc1CCC=O. The van der Waals surface area contributed by atoms with Crippen molar-refractivity contribution in [3.63, 3.8) is 0 Å². The lowest BCUT2D eigenvalue weighted by Crippen LogP contribution is -2.10. The van der Waals surface area contributed by atoms with Gasteiger partial charge in [0.1, 0.15) is 18.4 Å². The molecule has 4 heteroatoms. The monoisotopic (exact) mass is 181 g/mol. The summed E-state index contributed by atoms with van der Waals surface area (Å²) in [5.41, 5.74) is 0. The number of aromatic nitrogens is 3. The third-order valence-corrected chi connectivity index (χ3v) is 1.72. The molecule has 0 radical (unpaired) electrons. The van der Waals surface area contributed by atoms with E-state index in [4.69, 9.17) is 0 Å². The van der Waals surface area contributed by atoms with Crippen LogP contribution in [0.2, 0.25) is 0 Å². The molecular weight excluding hydrogens is 166 g/mol. The summed E-state index contributed by atoms with van der Waals surface area (Å²) in [4.78, 5) is 14.3. The summed E-state index contributed by atoms with van der Waals surface area (Å²) in [7, 11) is 0. The number of carbonyl (C=O) groups excluding carboxylic acids is 1. The van der Waals surface area contributed by atoms with Crippen LogP contribution in [0.25, 0.3) is 0 Å². The van der Waals surface area contributed by atoms with E-state index in [1.54, 1.807) is 6.33 Å². The molecule has 72 valence electrons. The van der Waals surface area contributed by atoms with Crippen LogP contribution in [0.4, 0.5) is 0 Å². The molecule has 1 rings (SSSR count). The summed E-state index contributed by atoms with van der Waals surface area (Å²) in [6, 6.07) is 0. The van der Waals surface area contributed by atoms with Crippen LogP contribution in [0.5, 0.6) is 0 Å². The van der Waals surface area contributed by atoms with Crippen LogP contribution >= 0.6 is 0 Å². The number of hydrogen-bond donors (Lipinski definition) is 0. The minimum Gasteiger partial charge on any atom is -0.303 e. The van der Waals surface area contributed by atoms with Gasteiger partial charge in [-0.3, -0.25) is 0 Å². The third kappa shape index (κ3) is 2.97. The lowest BCUT2D eigenvalue weighted by atomic mass is 10.2. The van der Waals surface area contributed by atoms with Gasteiger partial charge in [-0.05, 0) is 5.92 Å². The number of hydrogen-bond acceptors (Lipinski definition) is 3. The minimum atomic E-state index is 0.525. The molecule has 0 saturated carbocycles. The van der Waals surface area contributed by atoms with E-state index in [-0.39, 0.29) is 0 Å². The zero-order chi connectivity index (χ0) is 9.68. The van der Waals surface area contributed by atoms with Gasteiger partial charge < -0.3 is 4.79 Å². The van der Waals surface area contributed by atoms with E-state index >= 15 is 0 Å². The summed E-state index contributed by atoms with van der Waals surface area (Å²) < 4.78 is 1.87.